The zero-order valence-electron chi connectivity index (χ0n) is 6.72. The highest BCUT2D eigenvalue weighted by atomic mass is 14.7. The molecule has 0 fully saturated rings. The lowest BCUT2D eigenvalue weighted by Gasteiger charge is -1.97. The summed E-state index contributed by atoms with van der Waals surface area (Å²) in [6.45, 7) is 6.47. The van der Waals surface area contributed by atoms with Crippen LogP contribution in [0.2, 0.25) is 0 Å². The van der Waals surface area contributed by atoms with E-state index >= 15 is 0 Å². The van der Waals surface area contributed by atoms with Crippen molar-refractivity contribution < 1.29 is 0 Å². The highest BCUT2D eigenvalue weighted by molar-refractivity contribution is 5.57. The molecule has 0 N–H and O–H groups in total. The van der Waals surface area contributed by atoms with Gasteiger partial charge in [-0.2, -0.15) is 0 Å². The first-order valence-corrected chi connectivity index (χ1v) is 3.82. The van der Waals surface area contributed by atoms with Gasteiger partial charge in [0.2, 0.25) is 0 Å². The second-order valence-corrected chi connectivity index (χ2v) is 2.38. The van der Waals surface area contributed by atoms with Gasteiger partial charge in [0, 0.05) is 6.04 Å². The van der Waals surface area contributed by atoms with E-state index in [0.29, 0.717) is 6.04 Å². The molecule has 0 aliphatic heterocycles. The highest BCUT2D eigenvalue weighted by Gasteiger charge is 1.88. The summed E-state index contributed by atoms with van der Waals surface area (Å²) in [5.41, 5.74) is 0. The zero-order valence-corrected chi connectivity index (χ0v) is 6.72. The van der Waals surface area contributed by atoms with Crippen molar-refractivity contribution >= 4 is 6.21 Å². The monoisotopic (exact) mass is 127 g/mol. The summed E-state index contributed by atoms with van der Waals surface area (Å²) in [5.74, 6) is 0. The first-order valence-electron chi connectivity index (χ1n) is 3.82. The molecule has 1 atom stereocenters. The summed E-state index contributed by atoms with van der Waals surface area (Å²) >= 11 is 0. The van der Waals surface area contributed by atoms with Gasteiger partial charge in [-0.3, -0.25) is 4.99 Å². The largest absolute Gasteiger partial charge is 0.295 e. The lowest BCUT2D eigenvalue weighted by atomic mass is 10.3. The van der Waals surface area contributed by atoms with E-state index in [1.165, 1.54) is 6.42 Å². The SMILES string of the molecule is CCC/C=N/C(C)CC. The minimum Gasteiger partial charge on any atom is -0.295 e. The number of rotatable bonds is 4. The van der Waals surface area contributed by atoms with Crippen LogP contribution in [0, 0.1) is 0 Å². The molecule has 1 nitrogen and oxygen atoms in total. The molecule has 0 spiro atoms. The molecule has 0 aromatic rings. The third-order valence-electron chi connectivity index (χ3n) is 1.37. The van der Waals surface area contributed by atoms with Gasteiger partial charge in [-0.15, -0.1) is 0 Å². The van der Waals surface area contributed by atoms with Gasteiger partial charge in [-0.05, 0) is 26.0 Å². The predicted octanol–water partition coefficient (Wildman–Crippen LogP) is 2.66. The highest BCUT2D eigenvalue weighted by Crippen LogP contribution is 1.93. The van der Waals surface area contributed by atoms with E-state index in [-0.39, 0.29) is 0 Å². The van der Waals surface area contributed by atoms with Crippen LogP contribution in [0.3, 0.4) is 0 Å². The van der Waals surface area contributed by atoms with Gasteiger partial charge >= 0.3 is 0 Å². The number of hydrogen-bond donors (Lipinski definition) is 0. The van der Waals surface area contributed by atoms with E-state index in [2.05, 4.69) is 25.8 Å². The number of aliphatic imine (C=N–C) groups is 1. The van der Waals surface area contributed by atoms with Crippen LogP contribution in [0.5, 0.6) is 0 Å². The van der Waals surface area contributed by atoms with E-state index in [1.54, 1.807) is 0 Å². The van der Waals surface area contributed by atoms with Crippen molar-refractivity contribution in [3.8, 4) is 0 Å². The zero-order chi connectivity index (χ0) is 7.11. The van der Waals surface area contributed by atoms with E-state index in [4.69, 9.17) is 0 Å². The Morgan fingerprint density at radius 1 is 1.44 bits per heavy atom. The van der Waals surface area contributed by atoms with Crippen molar-refractivity contribution in [3.63, 3.8) is 0 Å². The molecule has 0 saturated carbocycles. The Balaban J connectivity index is 3.20. The smallest absolute Gasteiger partial charge is 0.0464 e. The molecule has 54 valence electrons. The molecule has 0 aromatic carbocycles. The fourth-order valence-electron chi connectivity index (χ4n) is 0.489. The maximum absolute atomic E-state index is 4.31. The van der Waals surface area contributed by atoms with Gasteiger partial charge < -0.3 is 0 Å². The average Bonchev–Trinajstić information content (AvgIpc) is 1.89. The summed E-state index contributed by atoms with van der Waals surface area (Å²) in [4.78, 5) is 4.31. The third kappa shape index (κ3) is 5.54. The maximum atomic E-state index is 4.31. The first-order chi connectivity index (χ1) is 4.31. The van der Waals surface area contributed by atoms with Crippen LogP contribution in [0.1, 0.15) is 40.0 Å². The molecule has 0 rings (SSSR count). The van der Waals surface area contributed by atoms with E-state index in [9.17, 15) is 0 Å². The second kappa shape index (κ2) is 5.80. The van der Waals surface area contributed by atoms with Gasteiger partial charge in [0.05, 0.1) is 0 Å². The molecule has 0 heterocycles. The molecule has 0 aliphatic carbocycles. The molecule has 0 bridgehead atoms. The van der Waals surface area contributed by atoms with Gasteiger partial charge in [-0.25, -0.2) is 0 Å². The van der Waals surface area contributed by atoms with Crippen LogP contribution in [-0.4, -0.2) is 12.3 Å². The van der Waals surface area contributed by atoms with Crippen molar-refractivity contribution in [2.24, 2.45) is 4.99 Å². The van der Waals surface area contributed by atoms with Crippen molar-refractivity contribution in [3.05, 3.63) is 0 Å². The van der Waals surface area contributed by atoms with Crippen LogP contribution in [0.4, 0.5) is 0 Å². The minimum atomic E-state index is 0.525. The minimum absolute atomic E-state index is 0.525. The normalized spacial score (nSPS) is 14.6. The van der Waals surface area contributed by atoms with Gasteiger partial charge in [-0.1, -0.05) is 20.3 Å². The second-order valence-electron chi connectivity index (χ2n) is 2.38. The third-order valence-corrected chi connectivity index (χ3v) is 1.37. The molecule has 0 saturated heterocycles. The predicted molar refractivity (Wildman–Crippen MR) is 43.2 cm³/mol. The Morgan fingerprint density at radius 2 is 2.11 bits per heavy atom. The Hall–Kier alpha value is -0.330. The van der Waals surface area contributed by atoms with Crippen LogP contribution in [0.25, 0.3) is 0 Å². The molecular weight excluding hydrogens is 110 g/mol. The summed E-state index contributed by atoms with van der Waals surface area (Å²) in [6, 6.07) is 0.525. The van der Waals surface area contributed by atoms with E-state index in [1.807, 2.05) is 6.21 Å². The fraction of sp³-hybridized carbons (Fsp3) is 0.875. The molecular formula is C8H17N. The molecule has 9 heavy (non-hydrogen) atoms. The topological polar surface area (TPSA) is 12.4 Å². The maximum Gasteiger partial charge on any atom is 0.0464 e. The summed E-state index contributed by atoms with van der Waals surface area (Å²) in [6.07, 6.45) is 5.53. The van der Waals surface area contributed by atoms with E-state index < -0.39 is 0 Å². The van der Waals surface area contributed by atoms with Crippen LogP contribution < -0.4 is 0 Å². The summed E-state index contributed by atoms with van der Waals surface area (Å²) in [7, 11) is 0. The molecule has 0 aliphatic rings. The number of nitrogens with zero attached hydrogens (tertiary/aromatic N) is 1. The molecule has 0 radical (unpaired) electrons. The Morgan fingerprint density at radius 3 is 2.56 bits per heavy atom. The van der Waals surface area contributed by atoms with Gasteiger partial charge in [0.15, 0.2) is 0 Å². The molecule has 0 amide bonds. The van der Waals surface area contributed by atoms with Crippen molar-refractivity contribution in [2.75, 3.05) is 0 Å². The van der Waals surface area contributed by atoms with Crippen LogP contribution >= 0.6 is 0 Å². The standard InChI is InChI=1S/C8H17N/c1-4-6-7-9-8(3)5-2/h7-8H,4-6H2,1-3H3/b9-7+. The van der Waals surface area contributed by atoms with Gasteiger partial charge in [0.1, 0.15) is 0 Å². The fourth-order valence-corrected chi connectivity index (χ4v) is 0.489. The lowest BCUT2D eigenvalue weighted by Crippen LogP contribution is -1.93. The molecule has 0 aromatic heterocycles. The van der Waals surface area contributed by atoms with Crippen molar-refractivity contribution in [2.45, 2.75) is 46.1 Å². The lowest BCUT2D eigenvalue weighted by molar-refractivity contribution is 0.717. The molecule has 1 heteroatoms. The summed E-state index contributed by atoms with van der Waals surface area (Å²) < 4.78 is 0. The van der Waals surface area contributed by atoms with Crippen LogP contribution in [0.15, 0.2) is 4.99 Å². The van der Waals surface area contributed by atoms with E-state index in [0.717, 1.165) is 12.8 Å². The first kappa shape index (κ1) is 8.67. The Kier molecular flexibility index (Phi) is 5.59. The van der Waals surface area contributed by atoms with Crippen LogP contribution in [-0.2, 0) is 0 Å². The summed E-state index contributed by atoms with van der Waals surface area (Å²) in [5, 5.41) is 0. The Bertz CT molecular complexity index is 76.6. The van der Waals surface area contributed by atoms with Crippen molar-refractivity contribution in [1.82, 2.24) is 0 Å². The quantitative estimate of drug-likeness (QED) is 0.515. The Labute approximate surface area is 58.2 Å². The average molecular weight is 127 g/mol. The van der Waals surface area contributed by atoms with Crippen molar-refractivity contribution in [1.29, 1.82) is 0 Å². The number of unbranched alkanes of at least 4 members (excludes halogenated alkanes) is 1. The molecule has 1 unspecified atom stereocenters. The van der Waals surface area contributed by atoms with Gasteiger partial charge in [0.25, 0.3) is 0 Å². The number of hydrogen-bond acceptors (Lipinski definition) is 1.